The van der Waals surface area contributed by atoms with Crippen LogP contribution in [0.3, 0.4) is 0 Å². The highest BCUT2D eigenvalue weighted by molar-refractivity contribution is 6.02. The molecule has 0 saturated heterocycles. The van der Waals surface area contributed by atoms with E-state index in [1.807, 2.05) is 0 Å². The Morgan fingerprint density at radius 3 is 2.58 bits per heavy atom. The number of benzene rings is 1. The molecule has 0 aliphatic carbocycles. The maximum Gasteiger partial charge on any atom is 0.275 e. The summed E-state index contributed by atoms with van der Waals surface area (Å²) >= 11 is 0. The van der Waals surface area contributed by atoms with Gasteiger partial charge in [-0.2, -0.15) is 0 Å². The fourth-order valence-corrected chi connectivity index (χ4v) is 1.53. The summed E-state index contributed by atoms with van der Waals surface area (Å²) in [6.07, 6.45) is 4.37. The number of methoxy groups -OCH3 is 2. The molecule has 0 spiro atoms. The van der Waals surface area contributed by atoms with Crippen LogP contribution in [-0.4, -0.2) is 30.1 Å². The maximum atomic E-state index is 11.9. The molecule has 1 amide bonds. The zero-order valence-electron chi connectivity index (χ0n) is 10.6. The molecule has 1 aromatic carbocycles. The summed E-state index contributed by atoms with van der Waals surface area (Å²) in [6, 6.07) is 5.11. The first-order chi connectivity index (χ1) is 9.24. The number of ether oxygens (including phenoxy) is 2. The minimum absolute atomic E-state index is 0.247. The van der Waals surface area contributed by atoms with Gasteiger partial charge >= 0.3 is 0 Å². The third-order valence-electron chi connectivity index (χ3n) is 2.44. The SMILES string of the molecule is COc1ccc(NC(=O)c2cnccn2)cc1OC. The van der Waals surface area contributed by atoms with Gasteiger partial charge in [0.2, 0.25) is 0 Å². The fraction of sp³-hybridized carbons (Fsp3) is 0.154. The van der Waals surface area contributed by atoms with Gasteiger partial charge in [0, 0.05) is 24.1 Å². The van der Waals surface area contributed by atoms with Crippen molar-refractivity contribution in [1.29, 1.82) is 0 Å². The van der Waals surface area contributed by atoms with Crippen molar-refractivity contribution in [2.45, 2.75) is 0 Å². The molecule has 0 fully saturated rings. The van der Waals surface area contributed by atoms with Crippen LogP contribution in [-0.2, 0) is 0 Å². The average molecular weight is 259 g/mol. The van der Waals surface area contributed by atoms with E-state index in [1.165, 1.54) is 25.7 Å². The summed E-state index contributed by atoms with van der Waals surface area (Å²) in [5.41, 5.74) is 0.839. The summed E-state index contributed by atoms with van der Waals surface area (Å²) in [7, 11) is 3.09. The molecular formula is C13H13N3O3. The molecule has 6 heteroatoms. The van der Waals surface area contributed by atoms with Crippen LogP contribution in [0.1, 0.15) is 10.5 Å². The summed E-state index contributed by atoms with van der Waals surface area (Å²) in [5.74, 6) is 0.805. The summed E-state index contributed by atoms with van der Waals surface area (Å²) in [5, 5.41) is 2.71. The molecule has 0 radical (unpaired) electrons. The lowest BCUT2D eigenvalue weighted by molar-refractivity contribution is 0.102. The number of carbonyl (C=O) groups is 1. The lowest BCUT2D eigenvalue weighted by Crippen LogP contribution is -2.13. The fourth-order valence-electron chi connectivity index (χ4n) is 1.53. The molecule has 0 unspecified atom stereocenters. The molecule has 19 heavy (non-hydrogen) atoms. The summed E-state index contributed by atoms with van der Waals surface area (Å²) < 4.78 is 10.3. The standard InChI is InChI=1S/C13H13N3O3/c1-18-11-4-3-9(7-12(11)19-2)16-13(17)10-8-14-5-6-15-10/h3-8H,1-2H3,(H,16,17). The monoisotopic (exact) mass is 259 g/mol. The van der Waals surface area contributed by atoms with E-state index in [-0.39, 0.29) is 11.6 Å². The van der Waals surface area contributed by atoms with Gasteiger partial charge in [0.15, 0.2) is 11.5 Å². The van der Waals surface area contributed by atoms with Gasteiger partial charge in [0.05, 0.1) is 20.4 Å². The number of hydrogen-bond acceptors (Lipinski definition) is 5. The molecule has 2 rings (SSSR count). The van der Waals surface area contributed by atoms with E-state index in [0.717, 1.165) is 0 Å². The van der Waals surface area contributed by atoms with Crippen molar-refractivity contribution in [2.75, 3.05) is 19.5 Å². The molecule has 0 aliphatic rings. The van der Waals surface area contributed by atoms with Gasteiger partial charge < -0.3 is 14.8 Å². The number of nitrogens with one attached hydrogen (secondary N) is 1. The third-order valence-corrected chi connectivity index (χ3v) is 2.44. The molecule has 0 aliphatic heterocycles. The van der Waals surface area contributed by atoms with Gasteiger partial charge in [-0.1, -0.05) is 0 Å². The first kappa shape index (κ1) is 12.8. The Hall–Kier alpha value is -2.63. The normalized spacial score (nSPS) is 9.79. The Kier molecular flexibility index (Phi) is 3.92. The number of aromatic nitrogens is 2. The van der Waals surface area contributed by atoms with Crippen LogP contribution in [0.25, 0.3) is 0 Å². The second-order valence-corrected chi connectivity index (χ2v) is 3.61. The van der Waals surface area contributed by atoms with Gasteiger partial charge in [0.1, 0.15) is 5.69 Å². The van der Waals surface area contributed by atoms with Crippen molar-refractivity contribution in [3.05, 3.63) is 42.5 Å². The van der Waals surface area contributed by atoms with E-state index in [9.17, 15) is 4.79 Å². The van der Waals surface area contributed by atoms with E-state index in [0.29, 0.717) is 17.2 Å². The first-order valence-electron chi connectivity index (χ1n) is 5.54. The highest BCUT2D eigenvalue weighted by Gasteiger charge is 2.09. The van der Waals surface area contributed by atoms with E-state index in [2.05, 4.69) is 15.3 Å². The Balaban J connectivity index is 2.18. The number of anilines is 1. The number of carbonyl (C=O) groups excluding carboxylic acids is 1. The molecular weight excluding hydrogens is 246 g/mol. The highest BCUT2D eigenvalue weighted by Crippen LogP contribution is 2.29. The highest BCUT2D eigenvalue weighted by atomic mass is 16.5. The molecule has 0 saturated carbocycles. The molecule has 98 valence electrons. The summed E-state index contributed by atoms with van der Waals surface area (Å²) in [6.45, 7) is 0. The molecule has 0 bridgehead atoms. The lowest BCUT2D eigenvalue weighted by Gasteiger charge is -2.10. The molecule has 1 aromatic heterocycles. The van der Waals surface area contributed by atoms with E-state index in [1.54, 1.807) is 25.3 Å². The molecule has 0 atom stereocenters. The zero-order valence-corrected chi connectivity index (χ0v) is 10.6. The van der Waals surface area contributed by atoms with E-state index in [4.69, 9.17) is 9.47 Å². The minimum atomic E-state index is -0.333. The second kappa shape index (κ2) is 5.81. The van der Waals surface area contributed by atoms with Crippen LogP contribution >= 0.6 is 0 Å². The quantitative estimate of drug-likeness (QED) is 0.905. The van der Waals surface area contributed by atoms with Crippen LogP contribution in [0.15, 0.2) is 36.8 Å². The van der Waals surface area contributed by atoms with Crippen molar-refractivity contribution < 1.29 is 14.3 Å². The Morgan fingerprint density at radius 2 is 1.95 bits per heavy atom. The Morgan fingerprint density at radius 1 is 1.16 bits per heavy atom. The smallest absolute Gasteiger partial charge is 0.275 e. The topological polar surface area (TPSA) is 73.3 Å². The number of amides is 1. The zero-order chi connectivity index (χ0) is 13.7. The van der Waals surface area contributed by atoms with Crippen LogP contribution in [0, 0.1) is 0 Å². The number of hydrogen-bond donors (Lipinski definition) is 1. The van der Waals surface area contributed by atoms with E-state index < -0.39 is 0 Å². The average Bonchev–Trinajstić information content (AvgIpc) is 2.48. The second-order valence-electron chi connectivity index (χ2n) is 3.61. The van der Waals surface area contributed by atoms with E-state index >= 15 is 0 Å². The minimum Gasteiger partial charge on any atom is -0.493 e. The Labute approximate surface area is 110 Å². The van der Waals surface area contributed by atoms with Gasteiger partial charge in [0.25, 0.3) is 5.91 Å². The van der Waals surface area contributed by atoms with Crippen LogP contribution in [0.5, 0.6) is 11.5 Å². The van der Waals surface area contributed by atoms with Gasteiger partial charge in [-0.05, 0) is 12.1 Å². The van der Waals surface area contributed by atoms with Crippen molar-refractivity contribution in [3.8, 4) is 11.5 Å². The van der Waals surface area contributed by atoms with Crippen molar-refractivity contribution >= 4 is 11.6 Å². The predicted molar refractivity (Wildman–Crippen MR) is 69.5 cm³/mol. The summed E-state index contributed by atoms with van der Waals surface area (Å²) in [4.78, 5) is 19.6. The Bertz CT molecular complexity index is 573. The molecule has 1 N–H and O–H groups in total. The largest absolute Gasteiger partial charge is 0.493 e. The number of rotatable bonds is 4. The van der Waals surface area contributed by atoms with Gasteiger partial charge in [-0.15, -0.1) is 0 Å². The van der Waals surface area contributed by atoms with Crippen molar-refractivity contribution in [2.24, 2.45) is 0 Å². The first-order valence-corrected chi connectivity index (χ1v) is 5.54. The van der Waals surface area contributed by atoms with Crippen LogP contribution < -0.4 is 14.8 Å². The maximum absolute atomic E-state index is 11.9. The molecule has 6 nitrogen and oxygen atoms in total. The number of nitrogens with zero attached hydrogens (tertiary/aromatic N) is 2. The molecule has 1 heterocycles. The predicted octanol–water partition coefficient (Wildman–Crippen LogP) is 1.75. The third kappa shape index (κ3) is 2.98. The van der Waals surface area contributed by atoms with Gasteiger partial charge in [-0.3, -0.25) is 9.78 Å². The lowest BCUT2D eigenvalue weighted by atomic mass is 10.2. The molecule has 2 aromatic rings. The van der Waals surface area contributed by atoms with Crippen LogP contribution in [0.4, 0.5) is 5.69 Å². The van der Waals surface area contributed by atoms with Gasteiger partial charge in [-0.25, -0.2) is 4.98 Å². The van der Waals surface area contributed by atoms with Crippen molar-refractivity contribution in [1.82, 2.24) is 9.97 Å². The van der Waals surface area contributed by atoms with Crippen molar-refractivity contribution in [3.63, 3.8) is 0 Å². The van der Waals surface area contributed by atoms with Crippen LogP contribution in [0.2, 0.25) is 0 Å².